The van der Waals surface area contributed by atoms with Gasteiger partial charge in [-0.25, -0.2) is 4.98 Å². The second-order valence-electron chi connectivity index (χ2n) is 6.73. The van der Waals surface area contributed by atoms with Crippen LogP contribution in [-0.4, -0.2) is 45.4 Å². The van der Waals surface area contributed by atoms with E-state index in [2.05, 4.69) is 20.3 Å². The van der Waals surface area contributed by atoms with Crippen LogP contribution in [0.25, 0.3) is 22.0 Å². The summed E-state index contributed by atoms with van der Waals surface area (Å²) in [6, 6.07) is 5.85. The summed E-state index contributed by atoms with van der Waals surface area (Å²) in [6.45, 7) is 1.03. The van der Waals surface area contributed by atoms with Crippen molar-refractivity contribution in [1.29, 1.82) is 0 Å². The van der Waals surface area contributed by atoms with Gasteiger partial charge < -0.3 is 15.2 Å². The molecule has 0 unspecified atom stereocenters. The highest BCUT2D eigenvalue weighted by Gasteiger charge is 2.33. The van der Waals surface area contributed by atoms with E-state index in [1.54, 1.807) is 12.3 Å². The third-order valence-corrected chi connectivity index (χ3v) is 4.67. The van der Waals surface area contributed by atoms with Gasteiger partial charge in [-0.1, -0.05) is 6.07 Å². The molecule has 4 heterocycles. The Morgan fingerprint density at radius 3 is 2.68 bits per heavy atom. The van der Waals surface area contributed by atoms with Crippen LogP contribution in [0.5, 0.6) is 0 Å². The SMILES string of the molecule is O[C@@]1(CNc2ncc(-c3ccc(C(F)(F)F)nc3)c3ncccc23)CCOC1. The second kappa shape index (κ2) is 6.99. The highest BCUT2D eigenvalue weighted by molar-refractivity contribution is 5.98. The number of aliphatic hydroxyl groups is 1. The summed E-state index contributed by atoms with van der Waals surface area (Å²) in [5.74, 6) is 0.534. The zero-order valence-electron chi connectivity index (χ0n) is 14.7. The van der Waals surface area contributed by atoms with Gasteiger partial charge in [0.15, 0.2) is 0 Å². The molecule has 0 aliphatic carbocycles. The van der Waals surface area contributed by atoms with Crippen molar-refractivity contribution in [3.8, 4) is 11.1 Å². The van der Waals surface area contributed by atoms with Gasteiger partial charge in [-0.3, -0.25) is 9.97 Å². The van der Waals surface area contributed by atoms with Crippen LogP contribution in [0.1, 0.15) is 12.1 Å². The van der Waals surface area contributed by atoms with E-state index in [9.17, 15) is 18.3 Å². The van der Waals surface area contributed by atoms with Crippen molar-refractivity contribution in [1.82, 2.24) is 15.0 Å². The Labute approximate surface area is 158 Å². The van der Waals surface area contributed by atoms with E-state index in [4.69, 9.17) is 4.74 Å². The Balaban J connectivity index is 1.67. The maximum absolute atomic E-state index is 12.7. The fourth-order valence-electron chi connectivity index (χ4n) is 3.13. The van der Waals surface area contributed by atoms with E-state index in [0.29, 0.717) is 40.9 Å². The first kappa shape index (κ1) is 18.6. The van der Waals surface area contributed by atoms with Crippen LogP contribution in [0.4, 0.5) is 19.0 Å². The van der Waals surface area contributed by atoms with E-state index in [1.807, 2.05) is 6.07 Å². The maximum Gasteiger partial charge on any atom is 0.433 e. The van der Waals surface area contributed by atoms with Crippen LogP contribution in [0, 0.1) is 0 Å². The molecule has 2 N–H and O–H groups in total. The van der Waals surface area contributed by atoms with Crippen LogP contribution < -0.4 is 5.32 Å². The average molecular weight is 390 g/mol. The van der Waals surface area contributed by atoms with Gasteiger partial charge in [0.05, 0.1) is 12.1 Å². The number of pyridine rings is 3. The summed E-state index contributed by atoms with van der Waals surface area (Å²) in [7, 11) is 0. The fourth-order valence-corrected chi connectivity index (χ4v) is 3.13. The predicted molar refractivity (Wildman–Crippen MR) is 96.6 cm³/mol. The Morgan fingerprint density at radius 1 is 1.14 bits per heavy atom. The van der Waals surface area contributed by atoms with E-state index in [1.165, 1.54) is 18.5 Å². The van der Waals surface area contributed by atoms with Gasteiger partial charge in [-0.05, 0) is 18.2 Å². The van der Waals surface area contributed by atoms with Gasteiger partial charge in [-0.15, -0.1) is 0 Å². The van der Waals surface area contributed by atoms with Crippen LogP contribution in [0.2, 0.25) is 0 Å². The number of alkyl halides is 3. The molecule has 4 rings (SSSR count). The number of nitrogens with one attached hydrogen (secondary N) is 1. The number of ether oxygens (including phenoxy) is 1. The summed E-state index contributed by atoms with van der Waals surface area (Å²) in [6.07, 6.45) is 0.350. The molecule has 146 valence electrons. The summed E-state index contributed by atoms with van der Waals surface area (Å²) < 4.78 is 43.5. The Morgan fingerprint density at radius 2 is 2.00 bits per heavy atom. The maximum atomic E-state index is 12.7. The zero-order chi connectivity index (χ0) is 19.8. The number of hydrogen-bond donors (Lipinski definition) is 2. The molecule has 1 aliphatic rings. The lowest BCUT2D eigenvalue weighted by molar-refractivity contribution is -0.141. The van der Waals surface area contributed by atoms with Crippen molar-refractivity contribution >= 4 is 16.7 Å². The van der Waals surface area contributed by atoms with E-state index in [0.717, 1.165) is 6.07 Å². The van der Waals surface area contributed by atoms with Crippen molar-refractivity contribution in [2.45, 2.75) is 18.2 Å². The monoisotopic (exact) mass is 390 g/mol. The van der Waals surface area contributed by atoms with Crippen LogP contribution in [0.15, 0.2) is 42.9 Å². The lowest BCUT2D eigenvalue weighted by atomic mass is 10.0. The molecule has 28 heavy (non-hydrogen) atoms. The minimum atomic E-state index is -4.49. The Bertz CT molecular complexity index is 987. The lowest BCUT2D eigenvalue weighted by Crippen LogP contribution is -2.37. The Hall–Kier alpha value is -2.78. The summed E-state index contributed by atoms with van der Waals surface area (Å²) in [5, 5.41) is 14.2. The van der Waals surface area contributed by atoms with Gasteiger partial charge in [0.2, 0.25) is 0 Å². The molecular formula is C19H17F3N4O2. The van der Waals surface area contributed by atoms with Crippen molar-refractivity contribution < 1.29 is 23.0 Å². The molecule has 6 nitrogen and oxygen atoms in total. The van der Waals surface area contributed by atoms with Crippen molar-refractivity contribution in [3.05, 3.63) is 48.5 Å². The molecule has 0 amide bonds. The third kappa shape index (κ3) is 3.63. The molecule has 0 spiro atoms. The van der Waals surface area contributed by atoms with Crippen molar-refractivity contribution in [3.63, 3.8) is 0 Å². The van der Waals surface area contributed by atoms with Crippen molar-refractivity contribution in [2.75, 3.05) is 25.1 Å². The van der Waals surface area contributed by atoms with Gasteiger partial charge in [0.25, 0.3) is 0 Å². The van der Waals surface area contributed by atoms with Gasteiger partial charge in [0, 0.05) is 54.7 Å². The first-order valence-electron chi connectivity index (χ1n) is 8.67. The minimum absolute atomic E-state index is 0.255. The summed E-state index contributed by atoms with van der Waals surface area (Å²) in [4.78, 5) is 12.3. The van der Waals surface area contributed by atoms with Gasteiger partial charge in [0.1, 0.15) is 17.1 Å². The van der Waals surface area contributed by atoms with E-state index in [-0.39, 0.29) is 13.2 Å². The molecule has 3 aromatic rings. The molecule has 0 radical (unpaired) electrons. The lowest BCUT2D eigenvalue weighted by Gasteiger charge is -2.21. The summed E-state index contributed by atoms with van der Waals surface area (Å²) >= 11 is 0. The van der Waals surface area contributed by atoms with Crippen LogP contribution >= 0.6 is 0 Å². The Kier molecular flexibility index (Phi) is 4.64. The normalized spacial score (nSPS) is 19.9. The fraction of sp³-hybridized carbons (Fsp3) is 0.316. The average Bonchev–Trinajstić information content (AvgIpc) is 3.12. The quantitative estimate of drug-likeness (QED) is 0.712. The predicted octanol–water partition coefficient (Wildman–Crippen LogP) is 3.27. The molecule has 3 aromatic heterocycles. The molecule has 0 bridgehead atoms. The number of aromatic nitrogens is 3. The molecule has 9 heteroatoms. The number of nitrogens with zero attached hydrogens (tertiary/aromatic N) is 3. The first-order valence-corrected chi connectivity index (χ1v) is 8.67. The van der Waals surface area contributed by atoms with Gasteiger partial charge in [-0.2, -0.15) is 13.2 Å². The van der Waals surface area contributed by atoms with Crippen LogP contribution in [0.3, 0.4) is 0 Å². The largest absolute Gasteiger partial charge is 0.433 e. The van der Waals surface area contributed by atoms with E-state index >= 15 is 0 Å². The molecular weight excluding hydrogens is 373 g/mol. The van der Waals surface area contributed by atoms with Gasteiger partial charge >= 0.3 is 6.18 Å². The molecule has 1 saturated heterocycles. The zero-order valence-corrected chi connectivity index (χ0v) is 14.7. The molecule has 0 aromatic carbocycles. The van der Waals surface area contributed by atoms with Crippen molar-refractivity contribution in [2.24, 2.45) is 0 Å². The summed E-state index contributed by atoms with van der Waals surface area (Å²) in [5.41, 5.74) is -0.265. The number of halogens is 3. The number of fused-ring (bicyclic) bond motifs is 1. The molecule has 1 atom stereocenters. The second-order valence-corrected chi connectivity index (χ2v) is 6.73. The molecule has 0 saturated carbocycles. The number of rotatable bonds is 4. The number of anilines is 1. The molecule has 1 fully saturated rings. The third-order valence-electron chi connectivity index (χ3n) is 4.67. The standard InChI is InChI=1S/C19H17F3N4O2/c20-19(21,22)15-4-3-12(8-24-15)14-9-25-17(13-2-1-6-23-16(13)14)26-10-18(27)5-7-28-11-18/h1-4,6,8-9,27H,5,7,10-11H2,(H,25,26)/t18-/m1/s1. The van der Waals surface area contributed by atoms with Crippen LogP contribution in [-0.2, 0) is 10.9 Å². The number of hydrogen-bond acceptors (Lipinski definition) is 6. The minimum Gasteiger partial charge on any atom is -0.386 e. The first-order chi connectivity index (χ1) is 13.4. The smallest absolute Gasteiger partial charge is 0.386 e. The highest BCUT2D eigenvalue weighted by atomic mass is 19.4. The highest BCUT2D eigenvalue weighted by Crippen LogP contribution is 2.32. The molecule has 1 aliphatic heterocycles. The topological polar surface area (TPSA) is 80.2 Å². The van der Waals surface area contributed by atoms with E-state index < -0.39 is 17.5 Å².